The molecule has 0 amide bonds. The fourth-order valence-electron chi connectivity index (χ4n) is 2.65. The van der Waals surface area contributed by atoms with E-state index < -0.39 is 0 Å². The predicted molar refractivity (Wildman–Crippen MR) is 103 cm³/mol. The molecule has 0 atom stereocenters. The number of nitrogens with one attached hydrogen (secondary N) is 2. The molecule has 2 aromatic carbocycles. The first-order valence-corrected chi connectivity index (χ1v) is 8.47. The van der Waals surface area contributed by atoms with Crippen LogP contribution in [0.15, 0.2) is 41.4 Å². The smallest absolute Gasteiger partial charge is 0.191 e. The van der Waals surface area contributed by atoms with Gasteiger partial charge < -0.3 is 20.1 Å². The van der Waals surface area contributed by atoms with Crippen LogP contribution in [0.2, 0.25) is 0 Å². The van der Waals surface area contributed by atoms with Gasteiger partial charge in [-0.3, -0.25) is 4.99 Å². The number of guanidine groups is 1. The number of halogens is 1. The second-order valence-corrected chi connectivity index (χ2v) is 5.85. The minimum Gasteiger partial charge on any atom is -0.497 e. The summed E-state index contributed by atoms with van der Waals surface area (Å²) in [6.07, 6.45) is 0.790. The van der Waals surface area contributed by atoms with Gasteiger partial charge in [0, 0.05) is 31.8 Å². The highest BCUT2D eigenvalue weighted by molar-refractivity contribution is 5.79. The largest absolute Gasteiger partial charge is 0.497 e. The Balaban J connectivity index is 1.88. The van der Waals surface area contributed by atoms with Crippen molar-refractivity contribution in [1.29, 1.82) is 0 Å². The number of nitrogens with zero attached hydrogens (tertiary/aromatic N) is 1. The number of aryl methyl sites for hydroxylation is 1. The molecular weight excluding hydrogens is 333 g/mol. The van der Waals surface area contributed by atoms with Crippen molar-refractivity contribution in [3.05, 3.63) is 58.9 Å². The molecule has 140 valence electrons. The van der Waals surface area contributed by atoms with E-state index in [9.17, 15) is 4.39 Å². The molecule has 6 heteroatoms. The molecule has 0 saturated heterocycles. The molecule has 0 spiro atoms. The average molecular weight is 359 g/mol. The monoisotopic (exact) mass is 359 g/mol. The van der Waals surface area contributed by atoms with Crippen LogP contribution in [-0.4, -0.2) is 33.8 Å². The van der Waals surface area contributed by atoms with E-state index in [1.165, 1.54) is 6.07 Å². The summed E-state index contributed by atoms with van der Waals surface area (Å²) in [6, 6.07) is 10.6. The van der Waals surface area contributed by atoms with Crippen LogP contribution >= 0.6 is 0 Å². The van der Waals surface area contributed by atoms with E-state index >= 15 is 0 Å². The minimum atomic E-state index is -0.204. The van der Waals surface area contributed by atoms with Gasteiger partial charge in [0.05, 0.1) is 14.2 Å². The van der Waals surface area contributed by atoms with Gasteiger partial charge in [0.15, 0.2) is 5.96 Å². The topological polar surface area (TPSA) is 54.9 Å². The van der Waals surface area contributed by atoms with Crippen molar-refractivity contribution in [2.75, 3.05) is 27.8 Å². The van der Waals surface area contributed by atoms with Crippen LogP contribution in [0.1, 0.15) is 16.7 Å². The molecule has 0 aromatic heterocycles. The number of methoxy groups -OCH3 is 2. The van der Waals surface area contributed by atoms with Crippen molar-refractivity contribution in [2.24, 2.45) is 4.99 Å². The normalized spacial score (nSPS) is 11.2. The molecule has 0 fully saturated rings. The maximum atomic E-state index is 13.2. The molecule has 0 aliphatic rings. The molecule has 2 N–H and O–H groups in total. The van der Waals surface area contributed by atoms with Gasteiger partial charge in [0.2, 0.25) is 0 Å². The maximum absolute atomic E-state index is 13.2. The zero-order chi connectivity index (χ0) is 18.9. The van der Waals surface area contributed by atoms with Gasteiger partial charge >= 0.3 is 0 Å². The first-order chi connectivity index (χ1) is 12.6. The molecule has 0 heterocycles. The molecule has 0 radical (unpaired) electrons. The van der Waals surface area contributed by atoms with Crippen LogP contribution in [0.3, 0.4) is 0 Å². The minimum absolute atomic E-state index is 0.204. The summed E-state index contributed by atoms with van der Waals surface area (Å²) in [5.41, 5.74) is 3.08. The summed E-state index contributed by atoms with van der Waals surface area (Å²) in [5.74, 6) is 2.00. The fraction of sp³-hybridized carbons (Fsp3) is 0.350. The highest BCUT2D eigenvalue weighted by atomic mass is 19.1. The Kier molecular flexibility index (Phi) is 7.26. The lowest BCUT2D eigenvalue weighted by molar-refractivity contribution is 0.390. The summed E-state index contributed by atoms with van der Waals surface area (Å²) in [7, 11) is 4.99. The van der Waals surface area contributed by atoms with E-state index in [0.717, 1.165) is 34.6 Å². The fourth-order valence-corrected chi connectivity index (χ4v) is 2.65. The predicted octanol–water partition coefficient (Wildman–Crippen LogP) is 3.06. The Morgan fingerprint density at radius 1 is 1.04 bits per heavy atom. The van der Waals surface area contributed by atoms with Gasteiger partial charge in [-0.05, 0) is 48.7 Å². The van der Waals surface area contributed by atoms with Crippen molar-refractivity contribution in [3.8, 4) is 11.5 Å². The van der Waals surface area contributed by atoms with Crippen LogP contribution in [-0.2, 0) is 13.0 Å². The number of benzene rings is 2. The van der Waals surface area contributed by atoms with E-state index in [1.807, 2.05) is 31.2 Å². The van der Waals surface area contributed by atoms with Gasteiger partial charge in [-0.25, -0.2) is 4.39 Å². The lowest BCUT2D eigenvalue weighted by Crippen LogP contribution is -2.38. The summed E-state index contributed by atoms with van der Waals surface area (Å²) in [5, 5.41) is 6.54. The van der Waals surface area contributed by atoms with E-state index in [-0.39, 0.29) is 5.82 Å². The standard InChI is InChI=1S/C20H26FN3O2/c1-14-11-17(21)7-5-15(14)9-10-23-20(22-2)24-13-16-6-8-18(25-3)12-19(16)26-4/h5-8,11-12H,9-10,13H2,1-4H3,(H2,22,23,24). The number of hydrogen-bond donors (Lipinski definition) is 2. The third-order valence-electron chi connectivity index (χ3n) is 4.16. The summed E-state index contributed by atoms with van der Waals surface area (Å²) in [4.78, 5) is 4.23. The third kappa shape index (κ3) is 5.37. The lowest BCUT2D eigenvalue weighted by atomic mass is 10.1. The van der Waals surface area contributed by atoms with E-state index in [1.54, 1.807) is 27.3 Å². The van der Waals surface area contributed by atoms with E-state index in [0.29, 0.717) is 19.0 Å². The quantitative estimate of drug-likeness (QED) is 0.589. The maximum Gasteiger partial charge on any atom is 0.191 e. The van der Waals surface area contributed by atoms with Gasteiger partial charge in [0.25, 0.3) is 0 Å². The van der Waals surface area contributed by atoms with E-state index in [4.69, 9.17) is 9.47 Å². The second-order valence-electron chi connectivity index (χ2n) is 5.85. The Hall–Kier alpha value is -2.76. The Morgan fingerprint density at radius 2 is 1.81 bits per heavy atom. The van der Waals surface area contributed by atoms with Gasteiger partial charge in [-0.15, -0.1) is 0 Å². The molecule has 0 bridgehead atoms. The highest BCUT2D eigenvalue weighted by Crippen LogP contribution is 2.24. The Bertz CT molecular complexity index is 763. The number of hydrogen-bond acceptors (Lipinski definition) is 3. The zero-order valence-corrected chi connectivity index (χ0v) is 15.7. The van der Waals surface area contributed by atoms with Crippen LogP contribution in [0.4, 0.5) is 4.39 Å². The van der Waals surface area contributed by atoms with Crippen LogP contribution in [0.5, 0.6) is 11.5 Å². The third-order valence-corrected chi connectivity index (χ3v) is 4.16. The molecule has 0 aliphatic heterocycles. The number of aliphatic imine (C=N–C) groups is 1. The van der Waals surface area contributed by atoms with Crippen LogP contribution in [0, 0.1) is 12.7 Å². The molecule has 5 nitrogen and oxygen atoms in total. The van der Waals surface area contributed by atoms with Crippen molar-refractivity contribution in [3.63, 3.8) is 0 Å². The van der Waals surface area contributed by atoms with Crippen molar-refractivity contribution >= 4 is 5.96 Å². The summed E-state index contributed by atoms with van der Waals surface area (Å²) in [6.45, 7) is 3.19. The first kappa shape index (κ1) is 19.6. The van der Waals surface area contributed by atoms with Crippen LogP contribution < -0.4 is 20.1 Å². The molecular formula is C20H26FN3O2. The molecule has 0 aliphatic carbocycles. The number of ether oxygens (including phenoxy) is 2. The second kappa shape index (κ2) is 9.65. The SMILES string of the molecule is CN=C(NCCc1ccc(F)cc1C)NCc1ccc(OC)cc1OC. The van der Waals surface area contributed by atoms with Crippen molar-refractivity contribution < 1.29 is 13.9 Å². The van der Waals surface area contributed by atoms with Crippen LogP contribution in [0.25, 0.3) is 0 Å². The lowest BCUT2D eigenvalue weighted by Gasteiger charge is -2.15. The summed E-state index contributed by atoms with van der Waals surface area (Å²) >= 11 is 0. The zero-order valence-electron chi connectivity index (χ0n) is 15.7. The highest BCUT2D eigenvalue weighted by Gasteiger charge is 2.06. The number of rotatable bonds is 7. The van der Waals surface area contributed by atoms with E-state index in [2.05, 4.69) is 15.6 Å². The molecule has 0 saturated carbocycles. The molecule has 2 aromatic rings. The Labute approximate surface area is 154 Å². The summed E-state index contributed by atoms with van der Waals surface area (Å²) < 4.78 is 23.8. The molecule has 26 heavy (non-hydrogen) atoms. The average Bonchev–Trinajstić information content (AvgIpc) is 2.65. The molecule has 2 rings (SSSR count). The van der Waals surface area contributed by atoms with Crippen molar-refractivity contribution in [1.82, 2.24) is 10.6 Å². The first-order valence-electron chi connectivity index (χ1n) is 8.47. The van der Waals surface area contributed by atoms with Gasteiger partial charge in [-0.2, -0.15) is 0 Å². The Morgan fingerprint density at radius 3 is 2.46 bits per heavy atom. The molecule has 0 unspecified atom stereocenters. The van der Waals surface area contributed by atoms with Gasteiger partial charge in [0.1, 0.15) is 17.3 Å². The van der Waals surface area contributed by atoms with Crippen molar-refractivity contribution in [2.45, 2.75) is 19.9 Å². The van der Waals surface area contributed by atoms with Gasteiger partial charge in [-0.1, -0.05) is 6.07 Å².